The van der Waals surface area contributed by atoms with Gasteiger partial charge in [0.15, 0.2) is 0 Å². The highest BCUT2D eigenvalue weighted by Crippen LogP contribution is 2.34. The number of aromatic nitrogens is 2. The van der Waals surface area contributed by atoms with Crippen LogP contribution < -0.4 is 5.32 Å². The number of rotatable bonds is 5. The Morgan fingerprint density at radius 2 is 1.64 bits per heavy atom. The van der Waals surface area contributed by atoms with Gasteiger partial charge >= 0.3 is 0 Å². The van der Waals surface area contributed by atoms with E-state index in [4.69, 9.17) is 0 Å². The normalized spacial score (nSPS) is 15.9. The molecule has 4 rings (SSSR count). The molecule has 1 saturated carbocycles. The third kappa shape index (κ3) is 4.01. The number of nitrogens with one attached hydrogen (secondary N) is 1. The van der Waals surface area contributed by atoms with E-state index in [2.05, 4.69) is 34.7 Å². The topological polar surface area (TPSA) is 46.9 Å². The van der Waals surface area contributed by atoms with Crippen molar-refractivity contribution in [2.45, 2.75) is 45.1 Å². The lowest BCUT2D eigenvalue weighted by atomic mass is 9.81. The number of hydrogen-bond acceptors (Lipinski definition) is 2. The minimum atomic E-state index is -0.0659. The summed E-state index contributed by atoms with van der Waals surface area (Å²) in [6.45, 7) is 1.92. The number of nitrogens with zero attached hydrogens (tertiary/aromatic N) is 2. The van der Waals surface area contributed by atoms with Gasteiger partial charge in [-0.15, -0.1) is 0 Å². The van der Waals surface area contributed by atoms with Gasteiger partial charge in [-0.25, -0.2) is 4.68 Å². The maximum absolute atomic E-state index is 13.3. The highest BCUT2D eigenvalue weighted by molar-refractivity contribution is 5.93. The summed E-state index contributed by atoms with van der Waals surface area (Å²) in [5, 5.41) is 7.89. The minimum Gasteiger partial charge on any atom is -0.344 e. The van der Waals surface area contributed by atoms with Gasteiger partial charge in [-0.1, -0.05) is 67.8 Å². The zero-order valence-corrected chi connectivity index (χ0v) is 16.3. The summed E-state index contributed by atoms with van der Waals surface area (Å²) >= 11 is 0. The Bertz CT molecular complexity index is 912. The van der Waals surface area contributed by atoms with E-state index in [0.717, 1.165) is 24.2 Å². The standard InChI is InChI=1S/C24H27N3O/c1-18-17-22(27(26-18)21-15-9-4-10-16-21)24(28)25-23(19-11-5-2-6-12-19)20-13-7-3-8-14-20/h2,4-6,9-12,15-17,20,23H,3,7-8,13-14H2,1H3,(H,25,28). The van der Waals surface area contributed by atoms with Gasteiger partial charge in [0.05, 0.1) is 17.4 Å². The molecule has 1 N–H and O–H groups in total. The number of aryl methyl sites for hydroxylation is 1. The lowest BCUT2D eigenvalue weighted by molar-refractivity contribution is 0.0904. The second kappa shape index (κ2) is 8.42. The molecule has 144 valence electrons. The molecule has 1 aromatic heterocycles. The highest BCUT2D eigenvalue weighted by atomic mass is 16.2. The second-order valence-electron chi connectivity index (χ2n) is 7.68. The van der Waals surface area contributed by atoms with Crippen LogP contribution in [0.1, 0.15) is 59.9 Å². The monoisotopic (exact) mass is 373 g/mol. The Balaban J connectivity index is 1.63. The maximum atomic E-state index is 13.3. The quantitative estimate of drug-likeness (QED) is 0.665. The van der Waals surface area contributed by atoms with Crippen LogP contribution in [0, 0.1) is 12.8 Å². The van der Waals surface area contributed by atoms with Crippen LogP contribution in [0.15, 0.2) is 66.7 Å². The summed E-state index contributed by atoms with van der Waals surface area (Å²) in [6, 6.07) is 22.1. The molecule has 1 aliphatic rings. The molecular weight excluding hydrogens is 346 g/mol. The van der Waals surface area contributed by atoms with Crippen molar-refractivity contribution in [3.05, 3.63) is 83.7 Å². The zero-order valence-electron chi connectivity index (χ0n) is 16.3. The van der Waals surface area contributed by atoms with E-state index in [-0.39, 0.29) is 11.9 Å². The molecular formula is C24H27N3O. The first-order valence-corrected chi connectivity index (χ1v) is 10.2. The Morgan fingerprint density at radius 3 is 2.32 bits per heavy atom. The Labute approximate surface area is 166 Å². The fraction of sp³-hybridized carbons (Fsp3) is 0.333. The first kappa shape index (κ1) is 18.5. The van der Waals surface area contributed by atoms with Crippen molar-refractivity contribution in [1.82, 2.24) is 15.1 Å². The average Bonchev–Trinajstić information content (AvgIpc) is 3.15. The summed E-state index contributed by atoms with van der Waals surface area (Å²) in [4.78, 5) is 13.3. The fourth-order valence-corrected chi connectivity index (χ4v) is 4.24. The van der Waals surface area contributed by atoms with Crippen LogP contribution in [0.5, 0.6) is 0 Å². The van der Waals surface area contributed by atoms with Crippen molar-refractivity contribution < 1.29 is 4.79 Å². The molecule has 1 aliphatic carbocycles. The molecule has 3 aromatic rings. The lowest BCUT2D eigenvalue weighted by Gasteiger charge is -2.31. The molecule has 1 unspecified atom stereocenters. The number of amides is 1. The largest absolute Gasteiger partial charge is 0.344 e. The van der Waals surface area contributed by atoms with Crippen LogP contribution in [0.25, 0.3) is 5.69 Å². The predicted octanol–water partition coefficient (Wildman–Crippen LogP) is 5.23. The average molecular weight is 374 g/mol. The summed E-state index contributed by atoms with van der Waals surface area (Å²) in [7, 11) is 0. The van der Waals surface area contributed by atoms with Gasteiger partial charge in [-0.3, -0.25) is 4.79 Å². The summed E-state index contributed by atoms with van der Waals surface area (Å²) < 4.78 is 1.74. The van der Waals surface area contributed by atoms with Crippen LogP contribution in [-0.4, -0.2) is 15.7 Å². The molecule has 1 atom stereocenters. The molecule has 1 amide bonds. The lowest BCUT2D eigenvalue weighted by Crippen LogP contribution is -2.35. The van der Waals surface area contributed by atoms with Gasteiger partial charge in [0.25, 0.3) is 5.91 Å². The van der Waals surface area contributed by atoms with Crippen molar-refractivity contribution >= 4 is 5.91 Å². The molecule has 1 heterocycles. The van der Waals surface area contributed by atoms with Gasteiger partial charge in [0, 0.05) is 0 Å². The molecule has 0 bridgehead atoms. The number of carbonyl (C=O) groups is 1. The predicted molar refractivity (Wildman–Crippen MR) is 112 cm³/mol. The Hall–Kier alpha value is -2.88. The second-order valence-corrected chi connectivity index (χ2v) is 7.68. The molecule has 0 saturated heterocycles. The fourth-order valence-electron chi connectivity index (χ4n) is 4.24. The highest BCUT2D eigenvalue weighted by Gasteiger charge is 2.28. The molecule has 1 fully saturated rings. The van der Waals surface area contributed by atoms with Crippen molar-refractivity contribution in [1.29, 1.82) is 0 Å². The van der Waals surface area contributed by atoms with E-state index in [1.54, 1.807) is 4.68 Å². The van der Waals surface area contributed by atoms with Gasteiger partial charge in [-0.2, -0.15) is 5.10 Å². The van der Waals surface area contributed by atoms with Crippen LogP contribution in [0.3, 0.4) is 0 Å². The van der Waals surface area contributed by atoms with Crippen LogP contribution in [0.2, 0.25) is 0 Å². The van der Waals surface area contributed by atoms with E-state index in [9.17, 15) is 4.79 Å². The van der Waals surface area contributed by atoms with E-state index < -0.39 is 0 Å². The molecule has 4 heteroatoms. The van der Waals surface area contributed by atoms with Crippen molar-refractivity contribution in [3.8, 4) is 5.69 Å². The van der Waals surface area contributed by atoms with Gasteiger partial charge in [-0.05, 0) is 49.4 Å². The third-order valence-corrected chi connectivity index (χ3v) is 5.63. The van der Waals surface area contributed by atoms with Gasteiger partial charge in [0.2, 0.25) is 0 Å². The Morgan fingerprint density at radius 1 is 1.00 bits per heavy atom. The first-order valence-electron chi connectivity index (χ1n) is 10.2. The van der Waals surface area contributed by atoms with Gasteiger partial charge < -0.3 is 5.32 Å². The summed E-state index contributed by atoms with van der Waals surface area (Å²) in [5.41, 5.74) is 3.50. The SMILES string of the molecule is Cc1cc(C(=O)NC(c2ccccc2)C2CCCCC2)n(-c2ccccc2)n1. The van der Waals surface area contributed by atoms with Crippen molar-refractivity contribution in [2.24, 2.45) is 5.92 Å². The summed E-state index contributed by atoms with van der Waals surface area (Å²) in [6.07, 6.45) is 6.11. The molecule has 4 nitrogen and oxygen atoms in total. The Kier molecular flexibility index (Phi) is 5.56. The van der Waals surface area contributed by atoms with Gasteiger partial charge in [0.1, 0.15) is 5.69 Å². The molecule has 28 heavy (non-hydrogen) atoms. The summed E-state index contributed by atoms with van der Waals surface area (Å²) in [5.74, 6) is 0.415. The zero-order chi connectivity index (χ0) is 19.3. The number of para-hydroxylation sites is 1. The van der Waals surface area contributed by atoms with E-state index >= 15 is 0 Å². The number of carbonyl (C=O) groups excluding carboxylic acids is 1. The van der Waals surface area contributed by atoms with Crippen molar-refractivity contribution in [3.63, 3.8) is 0 Å². The minimum absolute atomic E-state index is 0.0356. The molecule has 0 spiro atoms. The van der Waals surface area contributed by atoms with E-state index in [1.807, 2.05) is 49.4 Å². The number of benzene rings is 2. The van der Waals surface area contributed by atoms with E-state index in [0.29, 0.717) is 11.6 Å². The molecule has 2 aromatic carbocycles. The molecule has 0 radical (unpaired) electrons. The third-order valence-electron chi connectivity index (χ3n) is 5.63. The van der Waals surface area contributed by atoms with Crippen LogP contribution in [0.4, 0.5) is 0 Å². The first-order chi connectivity index (χ1) is 13.7. The smallest absolute Gasteiger partial charge is 0.270 e. The van der Waals surface area contributed by atoms with Crippen LogP contribution >= 0.6 is 0 Å². The van der Waals surface area contributed by atoms with Crippen LogP contribution in [-0.2, 0) is 0 Å². The maximum Gasteiger partial charge on any atom is 0.270 e. The van der Waals surface area contributed by atoms with E-state index in [1.165, 1.54) is 24.8 Å². The molecule has 0 aliphatic heterocycles. The van der Waals surface area contributed by atoms with Crippen molar-refractivity contribution in [2.75, 3.05) is 0 Å². The number of hydrogen-bond donors (Lipinski definition) is 1.